The number of hydrogen-bond donors (Lipinski definition) is 1. The molecular formula is C16H23F2N. The van der Waals surface area contributed by atoms with Crippen molar-refractivity contribution in [1.29, 1.82) is 0 Å². The lowest BCUT2D eigenvalue weighted by atomic mass is 9.66. The van der Waals surface area contributed by atoms with Crippen molar-refractivity contribution in [3.05, 3.63) is 35.4 Å². The molecule has 0 atom stereocenters. The number of hydrogen-bond acceptors (Lipinski definition) is 1. The first-order chi connectivity index (χ1) is 8.72. The minimum Gasteiger partial charge on any atom is -0.321 e. The van der Waals surface area contributed by atoms with Crippen LogP contribution in [0.4, 0.5) is 8.78 Å². The van der Waals surface area contributed by atoms with Gasteiger partial charge in [0.05, 0.1) is 0 Å². The van der Waals surface area contributed by atoms with Gasteiger partial charge in [-0.25, -0.2) is 8.78 Å². The van der Waals surface area contributed by atoms with Gasteiger partial charge in [-0.2, -0.15) is 0 Å². The lowest BCUT2D eigenvalue weighted by Gasteiger charge is -2.42. The summed E-state index contributed by atoms with van der Waals surface area (Å²) in [6.45, 7) is 6.75. The fourth-order valence-corrected chi connectivity index (χ4v) is 3.09. The molecule has 19 heavy (non-hydrogen) atoms. The van der Waals surface area contributed by atoms with Gasteiger partial charge in [0.15, 0.2) is 11.6 Å². The zero-order valence-electron chi connectivity index (χ0n) is 12.0. The highest BCUT2D eigenvalue weighted by Gasteiger charge is 2.37. The third-order valence-electron chi connectivity index (χ3n) is 4.60. The van der Waals surface area contributed by atoms with Gasteiger partial charge in [-0.3, -0.25) is 0 Å². The molecule has 1 aromatic carbocycles. The second-order valence-corrected chi connectivity index (χ2v) is 6.93. The van der Waals surface area contributed by atoms with Gasteiger partial charge in [0.1, 0.15) is 0 Å². The van der Waals surface area contributed by atoms with Crippen molar-refractivity contribution in [2.24, 2.45) is 17.1 Å². The van der Waals surface area contributed by atoms with Crippen molar-refractivity contribution >= 4 is 0 Å². The Hall–Kier alpha value is -0.960. The molecule has 1 saturated carbocycles. The molecular weight excluding hydrogens is 244 g/mol. The van der Waals surface area contributed by atoms with E-state index in [0.717, 1.165) is 31.2 Å². The lowest BCUT2D eigenvalue weighted by Crippen LogP contribution is -2.42. The van der Waals surface area contributed by atoms with E-state index < -0.39 is 17.2 Å². The second kappa shape index (κ2) is 4.86. The van der Waals surface area contributed by atoms with Crippen molar-refractivity contribution in [3.8, 4) is 0 Å². The highest BCUT2D eigenvalue weighted by Crippen LogP contribution is 2.44. The molecule has 0 aliphatic heterocycles. The van der Waals surface area contributed by atoms with Crippen molar-refractivity contribution in [1.82, 2.24) is 0 Å². The first-order valence-corrected chi connectivity index (χ1v) is 6.97. The number of nitrogens with two attached hydrogens (primary N) is 1. The van der Waals surface area contributed by atoms with Crippen LogP contribution in [0.5, 0.6) is 0 Å². The second-order valence-electron chi connectivity index (χ2n) is 6.93. The molecule has 1 fully saturated rings. The Morgan fingerprint density at radius 2 is 1.68 bits per heavy atom. The highest BCUT2D eigenvalue weighted by atomic mass is 19.2. The van der Waals surface area contributed by atoms with E-state index >= 15 is 0 Å². The van der Waals surface area contributed by atoms with Gasteiger partial charge in [-0.05, 0) is 54.7 Å². The summed E-state index contributed by atoms with van der Waals surface area (Å²) < 4.78 is 26.3. The van der Waals surface area contributed by atoms with E-state index in [9.17, 15) is 8.78 Å². The maximum absolute atomic E-state index is 13.3. The summed E-state index contributed by atoms with van der Waals surface area (Å²) in [6.07, 6.45) is 3.75. The predicted octanol–water partition coefficient (Wildman–Crippen LogP) is 4.36. The van der Waals surface area contributed by atoms with Gasteiger partial charge < -0.3 is 5.73 Å². The molecule has 3 heteroatoms. The fraction of sp³-hybridized carbons (Fsp3) is 0.625. The molecule has 1 aliphatic carbocycles. The zero-order valence-corrected chi connectivity index (χ0v) is 12.0. The van der Waals surface area contributed by atoms with Gasteiger partial charge >= 0.3 is 0 Å². The Labute approximate surface area is 114 Å². The molecule has 0 heterocycles. The first kappa shape index (κ1) is 14.4. The zero-order chi connectivity index (χ0) is 14.3. The lowest BCUT2D eigenvalue weighted by molar-refractivity contribution is 0.133. The topological polar surface area (TPSA) is 26.0 Å². The third-order valence-corrected chi connectivity index (χ3v) is 4.60. The minimum atomic E-state index is -0.810. The smallest absolute Gasteiger partial charge is 0.159 e. The van der Waals surface area contributed by atoms with Crippen LogP contribution in [-0.2, 0) is 5.54 Å². The van der Waals surface area contributed by atoms with Gasteiger partial charge in [-0.15, -0.1) is 0 Å². The molecule has 2 N–H and O–H groups in total. The molecule has 1 aliphatic rings. The largest absolute Gasteiger partial charge is 0.321 e. The van der Waals surface area contributed by atoms with Crippen molar-refractivity contribution < 1.29 is 8.78 Å². The molecule has 1 nitrogen and oxygen atoms in total. The quantitative estimate of drug-likeness (QED) is 0.804. The Kier molecular flexibility index (Phi) is 3.69. The van der Waals surface area contributed by atoms with Crippen LogP contribution in [0.25, 0.3) is 0 Å². The molecule has 0 bridgehead atoms. The van der Waals surface area contributed by atoms with Gasteiger partial charge in [-0.1, -0.05) is 26.8 Å². The van der Waals surface area contributed by atoms with E-state index in [1.165, 1.54) is 12.1 Å². The molecule has 106 valence electrons. The maximum atomic E-state index is 13.3. The standard InChI is InChI=1S/C16H23F2N/c1-15(2,3)11-6-8-16(19,9-7-11)12-4-5-13(17)14(18)10-12/h4-5,10-11H,6-9,19H2,1-3H3. The normalized spacial score (nSPS) is 28.4. The van der Waals surface area contributed by atoms with Gasteiger partial charge in [0.2, 0.25) is 0 Å². The third kappa shape index (κ3) is 2.97. The number of rotatable bonds is 1. The summed E-state index contributed by atoms with van der Waals surface area (Å²) in [5.74, 6) is -0.967. The highest BCUT2D eigenvalue weighted by molar-refractivity contribution is 5.26. The fourth-order valence-electron chi connectivity index (χ4n) is 3.09. The molecule has 0 unspecified atom stereocenters. The Bertz CT molecular complexity index is 454. The summed E-state index contributed by atoms with van der Waals surface area (Å²) in [5.41, 5.74) is 6.92. The van der Waals surface area contributed by atoms with E-state index in [-0.39, 0.29) is 5.41 Å². The number of halogens is 2. The predicted molar refractivity (Wildman–Crippen MR) is 73.6 cm³/mol. The van der Waals surface area contributed by atoms with Crippen molar-refractivity contribution in [2.45, 2.75) is 52.0 Å². The van der Waals surface area contributed by atoms with E-state index in [4.69, 9.17) is 5.73 Å². The maximum Gasteiger partial charge on any atom is 0.159 e. The Morgan fingerprint density at radius 3 is 2.16 bits per heavy atom. The summed E-state index contributed by atoms with van der Waals surface area (Å²) >= 11 is 0. The average Bonchev–Trinajstić information content (AvgIpc) is 2.32. The van der Waals surface area contributed by atoms with Crippen LogP contribution in [0, 0.1) is 23.0 Å². The van der Waals surface area contributed by atoms with Crippen LogP contribution in [-0.4, -0.2) is 0 Å². The van der Waals surface area contributed by atoms with Gasteiger partial charge in [0, 0.05) is 5.54 Å². The summed E-state index contributed by atoms with van der Waals surface area (Å²) in [6, 6.07) is 4.05. The van der Waals surface area contributed by atoms with Crippen LogP contribution in [0.15, 0.2) is 18.2 Å². The van der Waals surface area contributed by atoms with Gasteiger partial charge in [0.25, 0.3) is 0 Å². The first-order valence-electron chi connectivity index (χ1n) is 6.97. The summed E-state index contributed by atoms with van der Waals surface area (Å²) in [4.78, 5) is 0. The van der Waals surface area contributed by atoms with Crippen molar-refractivity contribution in [2.75, 3.05) is 0 Å². The monoisotopic (exact) mass is 267 g/mol. The molecule has 0 aromatic heterocycles. The van der Waals surface area contributed by atoms with Crippen LogP contribution in [0.3, 0.4) is 0 Å². The summed E-state index contributed by atoms with van der Waals surface area (Å²) in [7, 11) is 0. The Balaban J connectivity index is 2.15. The molecule has 2 rings (SSSR count). The van der Waals surface area contributed by atoms with E-state index in [0.29, 0.717) is 5.92 Å². The van der Waals surface area contributed by atoms with Crippen molar-refractivity contribution in [3.63, 3.8) is 0 Å². The van der Waals surface area contributed by atoms with E-state index in [1.54, 1.807) is 6.07 Å². The molecule has 0 saturated heterocycles. The van der Waals surface area contributed by atoms with E-state index in [2.05, 4.69) is 20.8 Å². The van der Waals surface area contributed by atoms with E-state index in [1.807, 2.05) is 0 Å². The van der Waals surface area contributed by atoms with Crippen LogP contribution in [0.2, 0.25) is 0 Å². The molecule has 0 spiro atoms. The minimum absolute atomic E-state index is 0.287. The molecule has 1 aromatic rings. The summed E-state index contributed by atoms with van der Waals surface area (Å²) in [5, 5.41) is 0. The van der Waals surface area contributed by atoms with Crippen LogP contribution in [0.1, 0.15) is 52.0 Å². The SMILES string of the molecule is CC(C)(C)C1CCC(N)(c2ccc(F)c(F)c2)CC1. The van der Waals surface area contributed by atoms with Crippen LogP contribution < -0.4 is 5.73 Å². The number of benzene rings is 1. The molecule has 0 amide bonds. The molecule has 0 radical (unpaired) electrons. The van der Waals surface area contributed by atoms with Crippen LogP contribution >= 0.6 is 0 Å². The Morgan fingerprint density at radius 1 is 1.11 bits per heavy atom. The average molecular weight is 267 g/mol.